The monoisotopic (exact) mass is 186 g/mol. The molecular formula is C7H10N2O2S. The van der Waals surface area contributed by atoms with Crippen LogP contribution in [0.5, 0.6) is 0 Å². The van der Waals surface area contributed by atoms with Gasteiger partial charge in [0, 0.05) is 5.69 Å². The second-order valence-electron chi connectivity index (χ2n) is 2.37. The van der Waals surface area contributed by atoms with Gasteiger partial charge in [-0.15, -0.1) is 4.83 Å². The molecule has 0 atom stereocenters. The molecule has 0 heterocycles. The highest BCUT2D eigenvalue weighted by atomic mass is 32.2. The lowest BCUT2D eigenvalue weighted by molar-refractivity contribution is 0.594. The number of para-hydroxylation sites is 1. The molecule has 4 nitrogen and oxygen atoms in total. The standard InChI is InChI=1S/C7H10N2O2S/c1-12(10,11)9-8-7-5-3-2-4-6-7/h2-6,8-9H,1H3. The fourth-order valence-electron chi connectivity index (χ4n) is 0.673. The zero-order valence-corrected chi connectivity index (χ0v) is 7.43. The van der Waals surface area contributed by atoms with Crippen LogP contribution in [0.25, 0.3) is 0 Å². The van der Waals surface area contributed by atoms with Gasteiger partial charge in [-0.25, -0.2) is 8.42 Å². The minimum absolute atomic E-state index is 0.711. The third-order valence-electron chi connectivity index (χ3n) is 1.15. The van der Waals surface area contributed by atoms with E-state index in [9.17, 15) is 8.42 Å². The summed E-state index contributed by atoms with van der Waals surface area (Å²) in [5.74, 6) is 0. The highest BCUT2D eigenvalue weighted by Gasteiger charge is 1.97. The number of sulfonamides is 1. The second-order valence-corrected chi connectivity index (χ2v) is 4.11. The topological polar surface area (TPSA) is 58.2 Å². The molecule has 1 aromatic rings. The minimum Gasteiger partial charge on any atom is -0.308 e. The van der Waals surface area contributed by atoms with Gasteiger partial charge in [-0.05, 0) is 12.1 Å². The first-order valence-corrected chi connectivity index (χ1v) is 5.25. The Labute approximate surface area is 71.6 Å². The SMILES string of the molecule is CS(=O)(=O)NNc1ccccc1. The molecule has 0 aliphatic heterocycles. The van der Waals surface area contributed by atoms with Gasteiger partial charge in [0.2, 0.25) is 10.0 Å². The minimum atomic E-state index is -3.18. The molecular weight excluding hydrogens is 176 g/mol. The van der Waals surface area contributed by atoms with Gasteiger partial charge in [0.1, 0.15) is 0 Å². The van der Waals surface area contributed by atoms with Gasteiger partial charge in [0.25, 0.3) is 0 Å². The van der Waals surface area contributed by atoms with Crippen LogP contribution in [-0.4, -0.2) is 14.7 Å². The molecule has 1 aromatic carbocycles. The Morgan fingerprint density at radius 1 is 1.17 bits per heavy atom. The van der Waals surface area contributed by atoms with Crippen LogP contribution in [0.15, 0.2) is 30.3 Å². The molecule has 0 spiro atoms. The molecule has 0 amide bonds. The number of hydrogen-bond donors (Lipinski definition) is 2. The molecule has 0 aromatic heterocycles. The number of hydrazine groups is 1. The Hall–Kier alpha value is -1.07. The molecule has 5 heteroatoms. The highest BCUT2D eigenvalue weighted by molar-refractivity contribution is 7.88. The Bertz CT molecular complexity index is 334. The number of hydrogen-bond acceptors (Lipinski definition) is 3. The molecule has 0 saturated heterocycles. The first kappa shape index (κ1) is 9.02. The maximum absolute atomic E-state index is 10.6. The summed E-state index contributed by atoms with van der Waals surface area (Å²) in [6.45, 7) is 0. The van der Waals surface area contributed by atoms with E-state index in [2.05, 4.69) is 10.3 Å². The summed E-state index contributed by atoms with van der Waals surface area (Å²) in [6.07, 6.45) is 1.09. The summed E-state index contributed by atoms with van der Waals surface area (Å²) >= 11 is 0. The van der Waals surface area contributed by atoms with Crippen molar-refractivity contribution in [2.45, 2.75) is 0 Å². The molecule has 0 aliphatic carbocycles. The molecule has 12 heavy (non-hydrogen) atoms. The Kier molecular flexibility index (Phi) is 2.67. The van der Waals surface area contributed by atoms with Crippen LogP contribution in [0.4, 0.5) is 5.69 Å². The molecule has 0 fully saturated rings. The Morgan fingerprint density at radius 2 is 1.75 bits per heavy atom. The van der Waals surface area contributed by atoms with E-state index in [4.69, 9.17) is 0 Å². The largest absolute Gasteiger partial charge is 0.308 e. The van der Waals surface area contributed by atoms with Crippen molar-refractivity contribution in [3.8, 4) is 0 Å². The third-order valence-corrected chi connectivity index (χ3v) is 1.63. The van der Waals surface area contributed by atoms with E-state index in [1.807, 2.05) is 18.2 Å². The molecule has 0 saturated carbocycles. The molecule has 0 unspecified atom stereocenters. The average Bonchev–Trinajstić information content (AvgIpc) is 2.02. The molecule has 1 rings (SSSR count). The van der Waals surface area contributed by atoms with Crippen molar-refractivity contribution in [1.29, 1.82) is 0 Å². The highest BCUT2D eigenvalue weighted by Crippen LogP contribution is 2.02. The molecule has 66 valence electrons. The zero-order valence-electron chi connectivity index (χ0n) is 6.61. The Balaban J connectivity index is 2.56. The van der Waals surface area contributed by atoms with E-state index in [0.717, 1.165) is 6.26 Å². The Morgan fingerprint density at radius 3 is 2.25 bits per heavy atom. The van der Waals surface area contributed by atoms with Crippen molar-refractivity contribution in [3.05, 3.63) is 30.3 Å². The number of rotatable bonds is 3. The van der Waals surface area contributed by atoms with Gasteiger partial charge < -0.3 is 5.43 Å². The summed E-state index contributed by atoms with van der Waals surface area (Å²) in [5, 5.41) is 0. The van der Waals surface area contributed by atoms with Crippen LogP contribution in [0.3, 0.4) is 0 Å². The zero-order chi connectivity index (χ0) is 9.03. The van der Waals surface area contributed by atoms with Crippen molar-refractivity contribution in [2.75, 3.05) is 11.7 Å². The molecule has 2 N–H and O–H groups in total. The summed E-state index contributed by atoms with van der Waals surface area (Å²) < 4.78 is 21.3. The first-order chi connectivity index (χ1) is 5.58. The number of anilines is 1. The predicted octanol–water partition coefficient (Wildman–Crippen LogP) is 0.563. The summed E-state index contributed by atoms with van der Waals surface area (Å²) in [4.78, 5) is 2.16. The van der Waals surface area contributed by atoms with E-state index in [1.54, 1.807) is 12.1 Å². The van der Waals surface area contributed by atoms with Crippen LogP contribution in [0.2, 0.25) is 0 Å². The van der Waals surface area contributed by atoms with E-state index >= 15 is 0 Å². The summed E-state index contributed by atoms with van der Waals surface area (Å²) in [6, 6.07) is 9.00. The quantitative estimate of drug-likeness (QED) is 0.678. The van der Waals surface area contributed by atoms with E-state index in [-0.39, 0.29) is 0 Å². The maximum Gasteiger partial charge on any atom is 0.225 e. The molecule has 0 bridgehead atoms. The smallest absolute Gasteiger partial charge is 0.225 e. The van der Waals surface area contributed by atoms with Crippen molar-refractivity contribution in [2.24, 2.45) is 0 Å². The lowest BCUT2D eigenvalue weighted by atomic mass is 10.3. The van der Waals surface area contributed by atoms with E-state index < -0.39 is 10.0 Å². The van der Waals surface area contributed by atoms with Crippen LogP contribution >= 0.6 is 0 Å². The van der Waals surface area contributed by atoms with Crippen LogP contribution < -0.4 is 10.3 Å². The van der Waals surface area contributed by atoms with Crippen LogP contribution in [0.1, 0.15) is 0 Å². The van der Waals surface area contributed by atoms with E-state index in [1.165, 1.54) is 0 Å². The lowest BCUT2D eigenvalue weighted by Crippen LogP contribution is -2.27. The van der Waals surface area contributed by atoms with Gasteiger partial charge >= 0.3 is 0 Å². The van der Waals surface area contributed by atoms with Gasteiger partial charge in [-0.1, -0.05) is 18.2 Å². The van der Waals surface area contributed by atoms with Gasteiger partial charge in [0.15, 0.2) is 0 Å². The first-order valence-electron chi connectivity index (χ1n) is 3.36. The summed E-state index contributed by atoms with van der Waals surface area (Å²) in [5.41, 5.74) is 3.26. The number of nitrogens with one attached hydrogen (secondary N) is 2. The predicted molar refractivity (Wildman–Crippen MR) is 48.0 cm³/mol. The third kappa shape index (κ3) is 3.36. The van der Waals surface area contributed by atoms with Gasteiger partial charge in [0.05, 0.1) is 6.26 Å². The normalized spacial score (nSPS) is 11.1. The number of benzene rings is 1. The lowest BCUT2D eigenvalue weighted by Gasteiger charge is -2.04. The average molecular weight is 186 g/mol. The van der Waals surface area contributed by atoms with Crippen molar-refractivity contribution in [3.63, 3.8) is 0 Å². The van der Waals surface area contributed by atoms with Crippen molar-refractivity contribution >= 4 is 15.7 Å². The summed E-state index contributed by atoms with van der Waals surface area (Å²) in [7, 11) is -3.18. The maximum atomic E-state index is 10.6. The molecule has 0 aliphatic rings. The fourth-order valence-corrected chi connectivity index (χ4v) is 0.976. The van der Waals surface area contributed by atoms with Crippen LogP contribution in [0, 0.1) is 0 Å². The van der Waals surface area contributed by atoms with Gasteiger partial charge in [-0.2, -0.15) is 0 Å². The van der Waals surface area contributed by atoms with Crippen molar-refractivity contribution < 1.29 is 8.42 Å². The van der Waals surface area contributed by atoms with Crippen molar-refractivity contribution in [1.82, 2.24) is 4.83 Å². The van der Waals surface area contributed by atoms with Crippen LogP contribution in [-0.2, 0) is 10.0 Å². The van der Waals surface area contributed by atoms with Gasteiger partial charge in [-0.3, -0.25) is 0 Å². The fraction of sp³-hybridized carbons (Fsp3) is 0.143. The second kappa shape index (κ2) is 3.55. The van der Waals surface area contributed by atoms with E-state index in [0.29, 0.717) is 5.69 Å². The molecule has 0 radical (unpaired) electrons.